The van der Waals surface area contributed by atoms with Crippen LogP contribution in [0.3, 0.4) is 0 Å². The highest BCUT2D eigenvalue weighted by Crippen LogP contribution is 2.62. The lowest BCUT2D eigenvalue weighted by molar-refractivity contribution is -0.166. The number of fused-ring (bicyclic) bond motifs is 1. The summed E-state index contributed by atoms with van der Waals surface area (Å²) in [6.07, 6.45) is 7.06. The number of hydrogen-bond donors (Lipinski definition) is 1. The van der Waals surface area contributed by atoms with Crippen molar-refractivity contribution in [1.82, 2.24) is 0 Å². The van der Waals surface area contributed by atoms with Gasteiger partial charge in [-0.3, -0.25) is 0 Å². The van der Waals surface area contributed by atoms with Crippen LogP contribution in [0.25, 0.3) is 0 Å². The second-order valence-corrected chi connectivity index (χ2v) is 10.4. The molecule has 2 aliphatic carbocycles. The van der Waals surface area contributed by atoms with E-state index in [2.05, 4.69) is 60.6 Å². The minimum absolute atomic E-state index is 0.244. The quantitative estimate of drug-likeness (QED) is 0.683. The van der Waals surface area contributed by atoms with E-state index in [0.717, 1.165) is 18.8 Å². The van der Waals surface area contributed by atoms with Gasteiger partial charge in [0.2, 0.25) is 0 Å². The largest absolute Gasteiger partial charge is 0.390 e. The predicted octanol–water partition coefficient (Wildman–Crippen LogP) is 6.15. The van der Waals surface area contributed by atoms with Gasteiger partial charge < -0.3 is 5.11 Å². The molecule has 1 N–H and O–H groups in total. The fourth-order valence-electron chi connectivity index (χ4n) is 6.64. The minimum Gasteiger partial charge on any atom is -0.390 e. The molecule has 4 atom stereocenters. The van der Waals surface area contributed by atoms with E-state index in [0.29, 0.717) is 11.3 Å². The predicted molar refractivity (Wildman–Crippen MR) is 107 cm³/mol. The topological polar surface area (TPSA) is 20.2 Å². The van der Waals surface area contributed by atoms with Gasteiger partial charge in [-0.1, -0.05) is 44.9 Å². The van der Waals surface area contributed by atoms with Crippen molar-refractivity contribution in [2.24, 2.45) is 22.7 Å². The summed E-state index contributed by atoms with van der Waals surface area (Å²) in [5.74, 6) is 1.07. The van der Waals surface area contributed by atoms with Crippen molar-refractivity contribution < 1.29 is 5.11 Å². The minimum atomic E-state index is -0.553. The van der Waals surface area contributed by atoms with Crippen LogP contribution in [-0.4, -0.2) is 10.7 Å². The van der Waals surface area contributed by atoms with Gasteiger partial charge in [0.1, 0.15) is 0 Å². The summed E-state index contributed by atoms with van der Waals surface area (Å²) in [7, 11) is 0. The molecule has 1 unspecified atom stereocenters. The number of aryl methyl sites for hydroxylation is 2. The highest BCUT2D eigenvalue weighted by atomic mass is 16.3. The SMILES string of the molecule is Cc1cc(C)c(C)c(C[C@@H]2[C@@]3(C)CCCC(C)(C)C3CC[C@@]2(C)O)c1. The zero-order valence-electron chi connectivity index (χ0n) is 17.5. The van der Waals surface area contributed by atoms with Gasteiger partial charge in [-0.25, -0.2) is 0 Å². The fourth-order valence-corrected chi connectivity index (χ4v) is 6.64. The first kappa shape index (κ1) is 19.0. The lowest BCUT2D eigenvalue weighted by atomic mass is 9.45. The van der Waals surface area contributed by atoms with E-state index in [1.165, 1.54) is 47.9 Å². The smallest absolute Gasteiger partial charge is 0.0656 e. The summed E-state index contributed by atoms with van der Waals surface area (Å²) in [6, 6.07) is 4.64. The van der Waals surface area contributed by atoms with Crippen molar-refractivity contribution >= 4 is 0 Å². The van der Waals surface area contributed by atoms with Crippen molar-refractivity contribution in [3.8, 4) is 0 Å². The molecule has 1 aromatic carbocycles. The molecule has 140 valence electrons. The first-order valence-electron chi connectivity index (χ1n) is 10.3. The molecule has 0 aliphatic heterocycles. The average molecular weight is 343 g/mol. The summed E-state index contributed by atoms with van der Waals surface area (Å²) in [5.41, 5.74) is 5.70. The van der Waals surface area contributed by atoms with E-state index >= 15 is 0 Å². The Hall–Kier alpha value is -0.820. The van der Waals surface area contributed by atoms with Crippen molar-refractivity contribution in [2.75, 3.05) is 0 Å². The van der Waals surface area contributed by atoms with Crippen LogP contribution in [0.1, 0.15) is 82.1 Å². The van der Waals surface area contributed by atoms with Crippen LogP contribution < -0.4 is 0 Å². The standard InChI is InChI=1S/C24H38O/c1-16-13-17(2)18(3)19(14-16)15-21-23(6)11-8-10-22(4,5)20(23)9-12-24(21,7)25/h13-14,20-21,25H,8-12,15H2,1-7H3/t20?,21-,23+,24-/m1/s1. The van der Waals surface area contributed by atoms with E-state index < -0.39 is 5.60 Å². The summed E-state index contributed by atoms with van der Waals surface area (Å²) < 4.78 is 0. The Morgan fingerprint density at radius 2 is 1.68 bits per heavy atom. The number of benzene rings is 1. The van der Waals surface area contributed by atoms with Crippen LogP contribution in [0.5, 0.6) is 0 Å². The third-order valence-electron chi connectivity index (χ3n) is 8.11. The highest BCUT2D eigenvalue weighted by molar-refractivity contribution is 5.38. The molecule has 0 amide bonds. The zero-order chi connectivity index (χ0) is 18.6. The Balaban J connectivity index is 2.02. The molecule has 1 nitrogen and oxygen atoms in total. The van der Waals surface area contributed by atoms with Crippen molar-refractivity contribution in [3.05, 3.63) is 34.4 Å². The Morgan fingerprint density at radius 1 is 1.00 bits per heavy atom. The first-order valence-corrected chi connectivity index (χ1v) is 10.3. The molecule has 0 saturated heterocycles. The van der Waals surface area contributed by atoms with Crippen LogP contribution in [0.2, 0.25) is 0 Å². The molecule has 0 radical (unpaired) electrons. The van der Waals surface area contributed by atoms with Crippen molar-refractivity contribution in [2.45, 2.75) is 92.6 Å². The zero-order valence-corrected chi connectivity index (χ0v) is 17.5. The second kappa shape index (κ2) is 6.12. The lowest BCUT2D eigenvalue weighted by Gasteiger charge is -2.61. The fraction of sp³-hybridized carbons (Fsp3) is 0.750. The van der Waals surface area contributed by atoms with Crippen molar-refractivity contribution in [1.29, 1.82) is 0 Å². The second-order valence-electron chi connectivity index (χ2n) is 10.4. The summed E-state index contributed by atoms with van der Waals surface area (Å²) in [4.78, 5) is 0. The summed E-state index contributed by atoms with van der Waals surface area (Å²) in [6.45, 7) is 16.2. The molecule has 1 heteroatoms. The maximum atomic E-state index is 11.4. The van der Waals surface area contributed by atoms with Gasteiger partial charge >= 0.3 is 0 Å². The molecule has 2 aliphatic rings. The third-order valence-corrected chi connectivity index (χ3v) is 8.11. The first-order chi connectivity index (χ1) is 11.5. The average Bonchev–Trinajstić information content (AvgIpc) is 2.46. The van der Waals surface area contributed by atoms with Gasteiger partial charge in [0.25, 0.3) is 0 Å². The monoisotopic (exact) mass is 342 g/mol. The highest BCUT2D eigenvalue weighted by Gasteiger charge is 2.57. The van der Waals surface area contributed by atoms with Crippen LogP contribution in [0.15, 0.2) is 12.1 Å². The van der Waals surface area contributed by atoms with Gasteiger partial charge in [-0.05, 0) is 99.2 Å². The summed E-state index contributed by atoms with van der Waals surface area (Å²) in [5, 5.41) is 11.4. The van der Waals surface area contributed by atoms with Gasteiger partial charge in [0, 0.05) is 0 Å². The van der Waals surface area contributed by atoms with E-state index in [1.54, 1.807) is 0 Å². The Labute approximate surface area is 155 Å². The van der Waals surface area contributed by atoms with Crippen molar-refractivity contribution in [3.63, 3.8) is 0 Å². The molecule has 25 heavy (non-hydrogen) atoms. The van der Waals surface area contributed by atoms with Gasteiger partial charge in [-0.2, -0.15) is 0 Å². The molecule has 2 saturated carbocycles. The maximum absolute atomic E-state index is 11.4. The molecule has 0 aromatic heterocycles. The van der Waals surface area contributed by atoms with Crippen LogP contribution in [0.4, 0.5) is 0 Å². The van der Waals surface area contributed by atoms with Gasteiger partial charge in [-0.15, -0.1) is 0 Å². The molecule has 0 bridgehead atoms. The number of aliphatic hydroxyl groups is 1. The van der Waals surface area contributed by atoms with E-state index in [4.69, 9.17) is 0 Å². The van der Waals surface area contributed by atoms with Gasteiger partial charge in [0.05, 0.1) is 5.60 Å². The number of rotatable bonds is 2. The van der Waals surface area contributed by atoms with E-state index in [-0.39, 0.29) is 5.41 Å². The van der Waals surface area contributed by atoms with Gasteiger partial charge in [0.15, 0.2) is 0 Å². The Kier molecular flexibility index (Phi) is 4.64. The van der Waals surface area contributed by atoms with Crippen LogP contribution >= 0.6 is 0 Å². The normalized spacial score (nSPS) is 37.6. The molecule has 0 heterocycles. The molecule has 1 aromatic rings. The Bertz CT molecular complexity index is 654. The summed E-state index contributed by atoms with van der Waals surface area (Å²) >= 11 is 0. The molecular weight excluding hydrogens is 304 g/mol. The molecule has 2 fully saturated rings. The lowest BCUT2D eigenvalue weighted by Crippen LogP contribution is -2.58. The van der Waals surface area contributed by atoms with E-state index in [9.17, 15) is 5.11 Å². The van der Waals surface area contributed by atoms with Crippen LogP contribution in [-0.2, 0) is 6.42 Å². The Morgan fingerprint density at radius 3 is 2.36 bits per heavy atom. The molecule has 0 spiro atoms. The maximum Gasteiger partial charge on any atom is 0.0656 e. The molecule has 3 rings (SSSR count). The third kappa shape index (κ3) is 3.18. The van der Waals surface area contributed by atoms with E-state index in [1.807, 2.05) is 0 Å². The number of hydrogen-bond acceptors (Lipinski definition) is 1. The van der Waals surface area contributed by atoms with Crippen LogP contribution in [0, 0.1) is 43.4 Å². The molecular formula is C24H38O.